The van der Waals surface area contributed by atoms with Crippen LogP contribution in [0.3, 0.4) is 0 Å². The lowest BCUT2D eigenvalue weighted by Gasteiger charge is -2.08. The number of alkyl halides is 3. The van der Waals surface area contributed by atoms with Crippen molar-refractivity contribution in [1.29, 1.82) is 0 Å². The lowest BCUT2D eigenvalue weighted by atomic mass is 10.2. The molecule has 106 valence electrons. The van der Waals surface area contributed by atoms with Gasteiger partial charge in [0.2, 0.25) is 5.91 Å². The fourth-order valence-corrected chi connectivity index (χ4v) is 1.29. The van der Waals surface area contributed by atoms with Gasteiger partial charge in [-0.2, -0.15) is 13.2 Å². The maximum atomic E-state index is 12.8. The molecular weight excluding hydrogens is 266 g/mol. The van der Waals surface area contributed by atoms with Gasteiger partial charge in [0, 0.05) is 13.0 Å². The van der Waals surface area contributed by atoms with E-state index in [0.717, 1.165) is 0 Å². The van der Waals surface area contributed by atoms with E-state index >= 15 is 0 Å². The van der Waals surface area contributed by atoms with Crippen LogP contribution in [0.25, 0.3) is 0 Å². The Kier molecular flexibility index (Phi) is 5.75. The number of nitrogens with one attached hydrogen (secondary N) is 1. The summed E-state index contributed by atoms with van der Waals surface area (Å²) in [6.45, 7) is -1.56. The smallest absolute Gasteiger partial charge is 0.372 e. The van der Waals surface area contributed by atoms with E-state index in [2.05, 4.69) is 10.1 Å². The van der Waals surface area contributed by atoms with E-state index in [1.165, 1.54) is 18.2 Å². The number of amides is 1. The number of benzene rings is 1. The van der Waals surface area contributed by atoms with Crippen LogP contribution in [0.5, 0.6) is 0 Å². The Labute approximate surface area is 107 Å². The molecule has 0 fully saturated rings. The van der Waals surface area contributed by atoms with Gasteiger partial charge in [0.15, 0.2) is 0 Å². The molecule has 0 atom stereocenters. The molecule has 0 unspecified atom stereocenters. The first-order valence-corrected chi connectivity index (χ1v) is 5.52. The van der Waals surface area contributed by atoms with E-state index in [1.807, 2.05) is 0 Å². The third kappa shape index (κ3) is 7.40. The highest BCUT2D eigenvalue weighted by Gasteiger charge is 2.27. The van der Waals surface area contributed by atoms with Gasteiger partial charge in [-0.15, -0.1) is 0 Å². The van der Waals surface area contributed by atoms with Crippen LogP contribution in [0.15, 0.2) is 24.3 Å². The first-order valence-electron chi connectivity index (χ1n) is 5.52. The van der Waals surface area contributed by atoms with Gasteiger partial charge < -0.3 is 10.1 Å². The van der Waals surface area contributed by atoms with Gasteiger partial charge in [-0.25, -0.2) is 4.39 Å². The van der Waals surface area contributed by atoms with Crippen LogP contribution in [-0.2, 0) is 16.1 Å². The molecule has 1 aromatic rings. The summed E-state index contributed by atoms with van der Waals surface area (Å²) < 4.78 is 52.3. The van der Waals surface area contributed by atoms with E-state index < -0.39 is 24.5 Å². The molecule has 0 heterocycles. The van der Waals surface area contributed by atoms with Gasteiger partial charge in [-0.1, -0.05) is 12.1 Å². The molecule has 0 aliphatic heterocycles. The maximum Gasteiger partial charge on any atom is 0.411 e. The van der Waals surface area contributed by atoms with Crippen molar-refractivity contribution in [1.82, 2.24) is 5.32 Å². The van der Waals surface area contributed by atoms with Crippen molar-refractivity contribution in [2.75, 3.05) is 13.2 Å². The molecule has 0 saturated heterocycles. The standard InChI is InChI=1S/C12H13F4NO2/c13-10-3-1-2-9(6-10)7-17-11(18)4-5-19-8-12(14,15)16/h1-3,6H,4-5,7-8H2,(H,17,18). The molecule has 7 heteroatoms. The molecule has 0 aliphatic carbocycles. The Balaban J connectivity index is 2.18. The first-order chi connectivity index (χ1) is 8.87. The van der Waals surface area contributed by atoms with Gasteiger partial charge in [-0.3, -0.25) is 4.79 Å². The summed E-state index contributed by atoms with van der Waals surface area (Å²) in [7, 11) is 0. The monoisotopic (exact) mass is 279 g/mol. The van der Waals surface area contributed by atoms with Crippen LogP contribution in [0.1, 0.15) is 12.0 Å². The number of carbonyl (C=O) groups is 1. The van der Waals surface area contributed by atoms with Crippen LogP contribution in [0.4, 0.5) is 17.6 Å². The van der Waals surface area contributed by atoms with Crippen LogP contribution >= 0.6 is 0 Å². The Morgan fingerprint density at radius 2 is 2.05 bits per heavy atom. The molecule has 0 radical (unpaired) electrons. The SMILES string of the molecule is O=C(CCOCC(F)(F)F)NCc1cccc(F)c1. The Morgan fingerprint density at radius 3 is 2.68 bits per heavy atom. The topological polar surface area (TPSA) is 38.3 Å². The largest absolute Gasteiger partial charge is 0.411 e. The van der Waals surface area contributed by atoms with Crippen LogP contribution < -0.4 is 5.32 Å². The van der Waals surface area contributed by atoms with Gasteiger partial charge in [0.1, 0.15) is 12.4 Å². The van der Waals surface area contributed by atoms with Crippen molar-refractivity contribution in [2.24, 2.45) is 0 Å². The van der Waals surface area contributed by atoms with E-state index in [9.17, 15) is 22.4 Å². The van der Waals surface area contributed by atoms with Crippen LogP contribution in [0.2, 0.25) is 0 Å². The summed E-state index contributed by atoms with van der Waals surface area (Å²) in [6, 6.07) is 5.67. The molecule has 3 nitrogen and oxygen atoms in total. The van der Waals surface area contributed by atoms with Gasteiger partial charge in [0.25, 0.3) is 0 Å². The molecule has 0 bridgehead atoms. The van der Waals surface area contributed by atoms with Gasteiger partial charge >= 0.3 is 6.18 Å². The maximum absolute atomic E-state index is 12.8. The zero-order chi connectivity index (χ0) is 14.3. The molecule has 0 aromatic heterocycles. The number of hydrogen-bond donors (Lipinski definition) is 1. The molecule has 19 heavy (non-hydrogen) atoms. The second-order valence-electron chi connectivity index (χ2n) is 3.82. The van der Waals surface area contributed by atoms with Crippen molar-refractivity contribution < 1.29 is 27.1 Å². The van der Waals surface area contributed by atoms with Gasteiger partial charge in [0.05, 0.1) is 6.61 Å². The minimum Gasteiger partial charge on any atom is -0.372 e. The minimum absolute atomic E-state index is 0.121. The second kappa shape index (κ2) is 7.08. The number of ether oxygens (including phenoxy) is 1. The zero-order valence-electron chi connectivity index (χ0n) is 9.97. The van der Waals surface area contributed by atoms with E-state index in [1.54, 1.807) is 6.07 Å². The quantitative estimate of drug-likeness (QED) is 0.641. The Bertz CT molecular complexity index is 420. The fraction of sp³-hybridized carbons (Fsp3) is 0.417. The van der Waals surface area contributed by atoms with Crippen molar-refractivity contribution in [3.8, 4) is 0 Å². The third-order valence-electron chi connectivity index (χ3n) is 2.12. The molecule has 1 N–H and O–H groups in total. The molecule has 1 amide bonds. The number of halogens is 4. The fourth-order valence-electron chi connectivity index (χ4n) is 1.29. The Morgan fingerprint density at radius 1 is 1.32 bits per heavy atom. The molecule has 1 aromatic carbocycles. The summed E-state index contributed by atoms with van der Waals surface area (Å²) in [4.78, 5) is 11.3. The summed E-state index contributed by atoms with van der Waals surface area (Å²) in [5.74, 6) is -0.869. The highest BCUT2D eigenvalue weighted by molar-refractivity contribution is 5.75. The highest BCUT2D eigenvalue weighted by Crippen LogP contribution is 2.14. The zero-order valence-corrected chi connectivity index (χ0v) is 9.97. The lowest BCUT2D eigenvalue weighted by Crippen LogP contribution is -2.25. The van der Waals surface area contributed by atoms with E-state index in [4.69, 9.17) is 0 Å². The predicted molar refractivity (Wildman–Crippen MR) is 59.7 cm³/mol. The molecule has 0 spiro atoms. The molecule has 0 saturated carbocycles. The molecule has 1 rings (SSSR count). The number of carbonyl (C=O) groups excluding carboxylic acids is 1. The first kappa shape index (κ1) is 15.4. The average Bonchev–Trinajstić information content (AvgIpc) is 2.31. The van der Waals surface area contributed by atoms with Crippen molar-refractivity contribution >= 4 is 5.91 Å². The van der Waals surface area contributed by atoms with E-state index in [-0.39, 0.29) is 19.6 Å². The Hall–Kier alpha value is -1.63. The predicted octanol–water partition coefficient (Wildman–Crippen LogP) is 2.41. The van der Waals surface area contributed by atoms with Gasteiger partial charge in [-0.05, 0) is 17.7 Å². The summed E-state index contributed by atoms with van der Waals surface area (Å²) >= 11 is 0. The number of hydrogen-bond acceptors (Lipinski definition) is 2. The second-order valence-corrected chi connectivity index (χ2v) is 3.82. The van der Waals surface area contributed by atoms with Crippen LogP contribution in [0, 0.1) is 5.82 Å². The van der Waals surface area contributed by atoms with Crippen molar-refractivity contribution in [2.45, 2.75) is 19.1 Å². The number of rotatable bonds is 6. The minimum atomic E-state index is -4.39. The molecule has 0 aliphatic rings. The summed E-state index contributed by atoms with van der Waals surface area (Å²) in [5.41, 5.74) is 0.574. The van der Waals surface area contributed by atoms with Crippen LogP contribution in [-0.4, -0.2) is 25.3 Å². The lowest BCUT2D eigenvalue weighted by molar-refractivity contribution is -0.174. The summed E-state index contributed by atoms with van der Waals surface area (Å²) in [5, 5.41) is 2.46. The normalized spacial score (nSPS) is 11.4. The third-order valence-corrected chi connectivity index (χ3v) is 2.12. The van der Waals surface area contributed by atoms with Crippen molar-refractivity contribution in [3.63, 3.8) is 0 Å². The highest BCUT2D eigenvalue weighted by atomic mass is 19.4. The van der Waals surface area contributed by atoms with Crippen molar-refractivity contribution in [3.05, 3.63) is 35.6 Å². The molecular formula is C12H13F4NO2. The van der Waals surface area contributed by atoms with E-state index in [0.29, 0.717) is 5.56 Å². The summed E-state index contributed by atoms with van der Waals surface area (Å²) in [6.07, 6.45) is -4.57. The average molecular weight is 279 g/mol.